The molecular weight excluding hydrogens is 316 g/mol. The summed E-state index contributed by atoms with van der Waals surface area (Å²) < 4.78 is 5.26. The second-order valence-corrected chi connectivity index (χ2v) is 6.71. The molecule has 3 aromatic rings. The van der Waals surface area contributed by atoms with Crippen molar-refractivity contribution in [1.29, 1.82) is 0 Å². The van der Waals surface area contributed by atoms with E-state index in [0.717, 1.165) is 48.9 Å². The number of carbonyl (C=O) groups excluding carboxylic acids is 1. The Balaban J connectivity index is 1.50. The number of fused-ring (bicyclic) bond motifs is 1. The molecule has 25 heavy (non-hydrogen) atoms. The van der Waals surface area contributed by atoms with E-state index in [1.807, 2.05) is 17.2 Å². The van der Waals surface area contributed by atoms with Crippen LogP contribution in [0.25, 0.3) is 10.9 Å². The highest BCUT2D eigenvalue weighted by Crippen LogP contribution is 2.29. The summed E-state index contributed by atoms with van der Waals surface area (Å²) in [5.41, 5.74) is 2.69. The summed E-state index contributed by atoms with van der Waals surface area (Å²) in [5.74, 6) is 1.06. The number of carbonyl (C=O) groups is 1. The quantitative estimate of drug-likeness (QED) is 0.790. The van der Waals surface area contributed by atoms with Crippen molar-refractivity contribution < 1.29 is 9.32 Å². The first-order valence-corrected chi connectivity index (χ1v) is 8.92. The standard InChI is InChI=1S/C19H22N4O2/c1-2-4-15-10-18(22-25-15)19(24)23-8-3-5-13(12-23)17-9-14-11-20-7-6-16(14)21-17/h6-7,9-11,13,21H,2-5,8,12H2,1H3. The van der Waals surface area contributed by atoms with E-state index in [-0.39, 0.29) is 5.91 Å². The number of piperidine rings is 1. The molecule has 0 radical (unpaired) electrons. The monoisotopic (exact) mass is 338 g/mol. The smallest absolute Gasteiger partial charge is 0.276 e. The van der Waals surface area contributed by atoms with Gasteiger partial charge in [0.1, 0.15) is 5.76 Å². The fourth-order valence-electron chi connectivity index (χ4n) is 3.57. The lowest BCUT2D eigenvalue weighted by atomic mass is 9.94. The molecule has 4 rings (SSSR count). The molecule has 1 N–H and O–H groups in total. The first kappa shape index (κ1) is 15.9. The average Bonchev–Trinajstić information content (AvgIpc) is 3.28. The van der Waals surface area contributed by atoms with E-state index in [1.165, 1.54) is 5.69 Å². The molecule has 130 valence electrons. The van der Waals surface area contributed by atoms with E-state index in [1.54, 1.807) is 12.3 Å². The number of aromatic amines is 1. The maximum atomic E-state index is 12.7. The molecule has 0 bridgehead atoms. The number of nitrogens with zero attached hydrogens (tertiary/aromatic N) is 3. The Labute approximate surface area is 146 Å². The van der Waals surface area contributed by atoms with Gasteiger partial charge in [-0.3, -0.25) is 9.78 Å². The normalized spacial score (nSPS) is 18.0. The van der Waals surface area contributed by atoms with Gasteiger partial charge < -0.3 is 14.4 Å². The Morgan fingerprint density at radius 3 is 3.20 bits per heavy atom. The van der Waals surface area contributed by atoms with Gasteiger partial charge in [0.05, 0.1) is 0 Å². The first-order valence-electron chi connectivity index (χ1n) is 8.92. The van der Waals surface area contributed by atoms with Crippen LogP contribution in [0.4, 0.5) is 0 Å². The van der Waals surface area contributed by atoms with Crippen molar-refractivity contribution in [1.82, 2.24) is 20.0 Å². The number of amides is 1. The Morgan fingerprint density at radius 1 is 1.44 bits per heavy atom. The summed E-state index contributed by atoms with van der Waals surface area (Å²) in [4.78, 5) is 22.3. The van der Waals surface area contributed by atoms with Crippen LogP contribution in [0.5, 0.6) is 0 Å². The van der Waals surface area contributed by atoms with Gasteiger partial charge in [-0.25, -0.2) is 0 Å². The predicted molar refractivity (Wildman–Crippen MR) is 94.5 cm³/mol. The zero-order valence-electron chi connectivity index (χ0n) is 14.4. The predicted octanol–water partition coefficient (Wildman–Crippen LogP) is 3.52. The van der Waals surface area contributed by atoms with Crippen LogP contribution in [0.2, 0.25) is 0 Å². The van der Waals surface area contributed by atoms with Gasteiger partial charge in [0.15, 0.2) is 5.69 Å². The molecule has 1 aliphatic heterocycles. The topological polar surface area (TPSA) is 75.0 Å². The fraction of sp³-hybridized carbons (Fsp3) is 0.421. The summed E-state index contributed by atoms with van der Waals surface area (Å²) in [6, 6.07) is 5.91. The van der Waals surface area contributed by atoms with Crippen LogP contribution in [0.1, 0.15) is 54.0 Å². The number of H-pyrrole nitrogens is 1. The van der Waals surface area contributed by atoms with Crippen LogP contribution in [-0.2, 0) is 6.42 Å². The number of nitrogens with one attached hydrogen (secondary N) is 1. The molecule has 0 saturated carbocycles. The molecule has 1 fully saturated rings. The van der Waals surface area contributed by atoms with E-state index in [2.05, 4.69) is 28.1 Å². The van der Waals surface area contributed by atoms with Gasteiger partial charge in [0.25, 0.3) is 5.91 Å². The Bertz CT molecular complexity index is 849. The van der Waals surface area contributed by atoms with Crippen LogP contribution >= 0.6 is 0 Å². The van der Waals surface area contributed by atoms with Gasteiger partial charge in [0, 0.05) is 60.5 Å². The highest BCUT2D eigenvalue weighted by atomic mass is 16.5. The maximum absolute atomic E-state index is 12.7. The SMILES string of the molecule is CCCc1cc(C(=O)N2CCCC(c3cc4cnccc4[nH]3)C2)no1. The van der Waals surface area contributed by atoms with Crippen molar-refractivity contribution in [3.8, 4) is 0 Å². The molecule has 1 aliphatic rings. The fourth-order valence-corrected chi connectivity index (χ4v) is 3.57. The van der Waals surface area contributed by atoms with Gasteiger partial charge in [-0.05, 0) is 31.4 Å². The number of aryl methyl sites for hydroxylation is 1. The largest absolute Gasteiger partial charge is 0.361 e. The first-order chi connectivity index (χ1) is 12.2. The summed E-state index contributed by atoms with van der Waals surface area (Å²) in [7, 11) is 0. The third-order valence-corrected chi connectivity index (χ3v) is 4.86. The highest BCUT2D eigenvalue weighted by molar-refractivity contribution is 5.92. The lowest BCUT2D eigenvalue weighted by molar-refractivity contribution is 0.0695. The van der Waals surface area contributed by atoms with Crippen LogP contribution in [0.3, 0.4) is 0 Å². The molecule has 0 aliphatic carbocycles. The van der Waals surface area contributed by atoms with Crippen molar-refractivity contribution >= 4 is 16.8 Å². The highest BCUT2D eigenvalue weighted by Gasteiger charge is 2.28. The van der Waals surface area contributed by atoms with Gasteiger partial charge in [0.2, 0.25) is 0 Å². The van der Waals surface area contributed by atoms with E-state index in [4.69, 9.17) is 4.52 Å². The summed E-state index contributed by atoms with van der Waals surface area (Å²) in [5, 5.41) is 5.07. The molecule has 1 saturated heterocycles. The minimum atomic E-state index is -0.0337. The van der Waals surface area contributed by atoms with Crippen LogP contribution in [-0.4, -0.2) is 39.0 Å². The van der Waals surface area contributed by atoms with Gasteiger partial charge in [-0.1, -0.05) is 12.1 Å². The summed E-state index contributed by atoms with van der Waals surface area (Å²) in [6.07, 6.45) is 7.51. The average molecular weight is 338 g/mol. The third-order valence-electron chi connectivity index (χ3n) is 4.86. The Hall–Kier alpha value is -2.63. The molecule has 0 spiro atoms. The van der Waals surface area contributed by atoms with Crippen molar-refractivity contribution in [3.05, 3.63) is 47.7 Å². The van der Waals surface area contributed by atoms with Gasteiger partial charge in [-0.2, -0.15) is 0 Å². The number of hydrogen-bond acceptors (Lipinski definition) is 4. The number of pyridine rings is 1. The molecule has 4 heterocycles. The van der Waals surface area contributed by atoms with Crippen molar-refractivity contribution in [3.63, 3.8) is 0 Å². The number of aromatic nitrogens is 3. The molecule has 0 aromatic carbocycles. The van der Waals surface area contributed by atoms with Crippen LogP contribution in [0, 0.1) is 0 Å². The van der Waals surface area contributed by atoms with E-state index in [0.29, 0.717) is 18.2 Å². The molecule has 6 nitrogen and oxygen atoms in total. The summed E-state index contributed by atoms with van der Waals surface area (Å²) in [6.45, 7) is 3.55. The summed E-state index contributed by atoms with van der Waals surface area (Å²) >= 11 is 0. The lowest BCUT2D eigenvalue weighted by Crippen LogP contribution is -2.39. The van der Waals surface area contributed by atoms with Crippen molar-refractivity contribution in [2.24, 2.45) is 0 Å². The van der Waals surface area contributed by atoms with E-state index < -0.39 is 0 Å². The van der Waals surface area contributed by atoms with Crippen LogP contribution < -0.4 is 0 Å². The molecule has 1 unspecified atom stereocenters. The Morgan fingerprint density at radius 2 is 2.36 bits per heavy atom. The molecule has 3 aromatic heterocycles. The van der Waals surface area contributed by atoms with E-state index >= 15 is 0 Å². The molecule has 1 amide bonds. The molecule has 6 heteroatoms. The minimum absolute atomic E-state index is 0.0337. The second-order valence-electron chi connectivity index (χ2n) is 6.71. The molecular formula is C19H22N4O2. The van der Waals surface area contributed by atoms with Crippen molar-refractivity contribution in [2.45, 2.75) is 38.5 Å². The van der Waals surface area contributed by atoms with Crippen molar-refractivity contribution in [2.75, 3.05) is 13.1 Å². The maximum Gasteiger partial charge on any atom is 0.276 e. The van der Waals surface area contributed by atoms with Gasteiger partial charge >= 0.3 is 0 Å². The zero-order chi connectivity index (χ0) is 17.2. The number of hydrogen-bond donors (Lipinski definition) is 1. The minimum Gasteiger partial charge on any atom is -0.361 e. The van der Waals surface area contributed by atoms with E-state index in [9.17, 15) is 4.79 Å². The zero-order valence-corrected chi connectivity index (χ0v) is 14.4. The second kappa shape index (κ2) is 6.70. The number of rotatable bonds is 4. The number of likely N-dealkylation sites (tertiary alicyclic amines) is 1. The Kier molecular flexibility index (Phi) is 4.26. The third kappa shape index (κ3) is 3.16. The molecule has 1 atom stereocenters. The lowest BCUT2D eigenvalue weighted by Gasteiger charge is -2.31. The van der Waals surface area contributed by atoms with Crippen LogP contribution in [0.15, 0.2) is 35.1 Å². The van der Waals surface area contributed by atoms with Gasteiger partial charge in [-0.15, -0.1) is 0 Å².